The van der Waals surface area contributed by atoms with Gasteiger partial charge >= 0.3 is 0 Å². The highest BCUT2D eigenvalue weighted by atomic mass is 32.1. The van der Waals surface area contributed by atoms with E-state index >= 15 is 0 Å². The van der Waals surface area contributed by atoms with E-state index in [1.54, 1.807) is 29.9 Å². The molecule has 0 aliphatic rings. The minimum atomic E-state index is -0.494. The second kappa shape index (κ2) is 4.35. The predicted octanol–water partition coefficient (Wildman–Crippen LogP) is 3.77. The van der Waals surface area contributed by atoms with Crippen LogP contribution in [0.2, 0.25) is 0 Å². The highest BCUT2D eigenvalue weighted by Gasteiger charge is 2.12. The Morgan fingerprint density at radius 3 is 2.94 bits per heavy atom. The lowest BCUT2D eigenvalue weighted by Crippen LogP contribution is -1.99. The monoisotopic (exact) mass is 244 g/mol. The van der Waals surface area contributed by atoms with Crippen LogP contribution in [0.15, 0.2) is 52.7 Å². The maximum atomic E-state index is 10.1. The fourth-order valence-electron chi connectivity index (χ4n) is 1.98. The van der Waals surface area contributed by atoms with Gasteiger partial charge in [-0.2, -0.15) is 0 Å². The van der Waals surface area contributed by atoms with Gasteiger partial charge in [-0.3, -0.25) is 0 Å². The third-order valence-electron chi connectivity index (χ3n) is 2.90. The number of aliphatic hydroxyl groups excluding tert-OH is 1. The molecule has 3 aromatic rings. The molecule has 0 amide bonds. The number of furan rings is 1. The van der Waals surface area contributed by atoms with Crippen LogP contribution in [0.3, 0.4) is 0 Å². The van der Waals surface area contributed by atoms with Crippen molar-refractivity contribution in [3.8, 4) is 0 Å². The molecule has 0 saturated heterocycles. The number of hydrogen-bond donors (Lipinski definition) is 1. The topological polar surface area (TPSA) is 33.4 Å². The van der Waals surface area contributed by atoms with Crippen LogP contribution < -0.4 is 0 Å². The molecule has 1 unspecified atom stereocenters. The van der Waals surface area contributed by atoms with E-state index in [-0.39, 0.29) is 0 Å². The first-order valence-electron chi connectivity index (χ1n) is 5.50. The molecule has 1 atom stereocenters. The maximum absolute atomic E-state index is 10.1. The fourth-order valence-corrected chi connectivity index (χ4v) is 2.96. The third-order valence-corrected chi connectivity index (χ3v) is 3.91. The Balaban J connectivity index is 1.90. The summed E-state index contributed by atoms with van der Waals surface area (Å²) in [6, 6.07) is 10.1. The standard InChI is InChI=1S/C14H12O2S/c15-13(10-5-6-16-8-10)7-11-9-17-14-4-2-1-3-12(11)14/h1-6,8-9,13,15H,7H2. The van der Waals surface area contributed by atoms with Gasteiger partial charge in [0.15, 0.2) is 0 Å². The summed E-state index contributed by atoms with van der Waals surface area (Å²) in [5.41, 5.74) is 2.03. The molecule has 86 valence electrons. The normalized spacial score (nSPS) is 13.0. The van der Waals surface area contributed by atoms with Crippen molar-refractivity contribution in [1.82, 2.24) is 0 Å². The SMILES string of the molecule is OC(Cc1csc2ccccc12)c1ccoc1. The van der Waals surface area contributed by atoms with Gasteiger partial charge in [0.25, 0.3) is 0 Å². The van der Waals surface area contributed by atoms with Gasteiger partial charge < -0.3 is 9.52 Å². The molecule has 0 bridgehead atoms. The van der Waals surface area contributed by atoms with Crippen LogP contribution in [0, 0.1) is 0 Å². The van der Waals surface area contributed by atoms with Crippen LogP contribution in [0.5, 0.6) is 0 Å². The number of benzene rings is 1. The van der Waals surface area contributed by atoms with Gasteiger partial charge in [0.05, 0.1) is 18.6 Å². The number of thiophene rings is 1. The van der Waals surface area contributed by atoms with E-state index in [1.807, 2.05) is 12.1 Å². The van der Waals surface area contributed by atoms with Gasteiger partial charge in [-0.05, 0) is 28.5 Å². The quantitative estimate of drug-likeness (QED) is 0.760. The maximum Gasteiger partial charge on any atom is 0.0960 e. The molecule has 0 radical (unpaired) electrons. The molecule has 2 aromatic heterocycles. The molecule has 3 rings (SSSR count). The minimum Gasteiger partial charge on any atom is -0.472 e. The zero-order chi connectivity index (χ0) is 11.7. The first-order valence-corrected chi connectivity index (χ1v) is 6.38. The van der Waals surface area contributed by atoms with Gasteiger partial charge in [-0.15, -0.1) is 11.3 Å². The molecule has 1 aromatic carbocycles. The summed E-state index contributed by atoms with van der Waals surface area (Å²) in [5, 5.41) is 13.4. The van der Waals surface area contributed by atoms with Crippen LogP contribution >= 0.6 is 11.3 Å². The molecule has 0 aliphatic carbocycles. The Labute approximate surface area is 103 Å². The Hall–Kier alpha value is -1.58. The van der Waals surface area contributed by atoms with Crippen molar-refractivity contribution < 1.29 is 9.52 Å². The average Bonchev–Trinajstić information content (AvgIpc) is 2.98. The first kappa shape index (κ1) is 10.6. The van der Waals surface area contributed by atoms with Gasteiger partial charge in [-0.25, -0.2) is 0 Å². The lowest BCUT2D eigenvalue weighted by molar-refractivity contribution is 0.178. The van der Waals surface area contributed by atoms with Crippen LogP contribution in [-0.2, 0) is 6.42 Å². The van der Waals surface area contributed by atoms with Crippen molar-refractivity contribution in [2.45, 2.75) is 12.5 Å². The van der Waals surface area contributed by atoms with Crippen LogP contribution in [0.25, 0.3) is 10.1 Å². The highest BCUT2D eigenvalue weighted by molar-refractivity contribution is 7.17. The molecule has 17 heavy (non-hydrogen) atoms. The zero-order valence-electron chi connectivity index (χ0n) is 9.17. The van der Waals surface area contributed by atoms with Crippen molar-refractivity contribution in [2.75, 3.05) is 0 Å². The van der Waals surface area contributed by atoms with E-state index in [4.69, 9.17) is 4.42 Å². The lowest BCUT2D eigenvalue weighted by atomic mass is 10.0. The molecule has 1 N–H and O–H groups in total. The Bertz CT molecular complexity index is 610. The van der Waals surface area contributed by atoms with E-state index in [9.17, 15) is 5.11 Å². The van der Waals surface area contributed by atoms with Crippen molar-refractivity contribution in [1.29, 1.82) is 0 Å². The summed E-state index contributed by atoms with van der Waals surface area (Å²) in [6.45, 7) is 0. The summed E-state index contributed by atoms with van der Waals surface area (Å²) in [4.78, 5) is 0. The van der Waals surface area contributed by atoms with Gasteiger partial charge in [0, 0.05) is 16.7 Å². The minimum absolute atomic E-state index is 0.494. The van der Waals surface area contributed by atoms with Crippen LogP contribution in [-0.4, -0.2) is 5.11 Å². The number of rotatable bonds is 3. The molecule has 0 aliphatic heterocycles. The number of aliphatic hydroxyl groups is 1. The number of hydrogen-bond acceptors (Lipinski definition) is 3. The second-order valence-electron chi connectivity index (χ2n) is 4.03. The van der Waals surface area contributed by atoms with Crippen molar-refractivity contribution in [3.63, 3.8) is 0 Å². The fraction of sp³-hybridized carbons (Fsp3) is 0.143. The molecule has 0 fully saturated rings. The van der Waals surface area contributed by atoms with Crippen molar-refractivity contribution in [3.05, 3.63) is 59.4 Å². The molecule has 0 saturated carbocycles. The van der Waals surface area contributed by atoms with E-state index in [0.717, 1.165) is 5.56 Å². The van der Waals surface area contributed by atoms with Crippen LogP contribution in [0.1, 0.15) is 17.2 Å². The van der Waals surface area contributed by atoms with Crippen molar-refractivity contribution >= 4 is 21.4 Å². The Morgan fingerprint density at radius 2 is 2.12 bits per heavy atom. The van der Waals surface area contributed by atoms with Crippen LogP contribution in [0.4, 0.5) is 0 Å². The molecular weight excluding hydrogens is 232 g/mol. The van der Waals surface area contributed by atoms with Gasteiger partial charge in [-0.1, -0.05) is 18.2 Å². The smallest absolute Gasteiger partial charge is 0.0960 e. The summed E-state index contributed by atoms with van der Waals surface area (Å²) in [5.74, 6) is 0. The van der Waals surface area contributed by atoms with Crippen molar-refractivity contribution in [2.24, 2.45) is 0 Å². The second-order valence-corrected chi connectivity index (χ2v) is 4.94. The summed E-state index contributed by atoms with van der Waals surface area (Å²) >= 11 is 1.72. The lowest BCUT2D eigenvalue weighted by Gasteiger charge is -2.07. The summed E-state index contributed by atoms with van der Waals surface area (Å²) < 4.78 is 6.25. The molecule has 0 spiro atoms. The zero-order valence-corrected chi connectivity index (χ0v) is 9.98. The van der Waals surface area contributed by atoms with E-state index in [0.29, 0.717) is 6.42 Å². The van der Waals surface area contributed by atoms with Gasteiger partial charge in [0.2, 0.25) is 0 Å². The van der Waals surface area contributed by atoms with E-state index in [1.165, 1.54) is 15.6 Å². The molecule has 3 heteroatoms. The Morgan fingerprint density at radius 1 is 1.24 bits per heavy atom. The Kier molecular flexibility index (Phi) is 2.71. The third kappa shape index (κ3) is 1.99. The molecule has 2 heterocycles. The summed E-state index contributed by atoms with van der Waals surface area (Å²) in [7, 11) is 0. The first-order chi connectivity index (χ1) is 8.34. The van der Waals surface area contributed by atoms with E-state index in [2.05, 4.69) is 17.5 Å². The molecule has 2 nitrogen and oxygen atoms in total. The predicted molar refractivity (Wildman–Crippen MR) is 69.2 cm³/mol. The largest absolute Gasteiger partial charge is 0.472 e. The number of fused-ring (bicyclic) bond motifs is 1. The van der Waals surface area contributed by atoms with Gasteiger partial charge in [0.1, 0.15) is 0 Å². The van der Waals surface area contributed by atoms with E-state index < -0.39 is 6.10 Å². The molecular formula is C14H12O2S. The summed E-state index contributed by atoms with van der Waals surface area (Å²) in [6.07, 6.45) is 3.32. The average molecular weight is 244 g/mol. The highest BCUT2D eigenvalue weighted by Crippen LogP contribution is 2.29.